The lowest BCUT2D eigenvalue weighted by Crippen LogP contribution is -2.21. The fraction of sp³-hybridized carbons (Fsp3) is 1.00. The lowest BCUT2D eigenvalue weighted by atomic mass is 10.0. The first kappa shape index (κ1) is 15.0. The molecule has 0 spiro atoms. The smallest absolute Gasteiger partial charge is 0.000989 e. The normalized spacial score (nSPS) is 23.6. The Balaban J connectivity index is 2.03. The second-order valence-corrected chi connectivity index (χ2v) is 7.02. The van der Waals surface area contributed by atoms with Crippen molar-refractivity contribution in [3.8, 4) is 0 Å². The summed E-state index contributed by atoms with van der Waals surface area (Å²) in [5, 5.41) is 3.62. The molecule has 1 rings (SSSR count). The summed E-state index contributed by atoms with van der Waals surface area (Å²) in [5.74, 6) is 1.63. The van der Waals surface area contributed by atoms with Gasteiger partial charge in [-0.3, -0.25) is 0 Å². The van der Waals surface area contributed by atoms with Gasteiger partial charge in [0.05, 0.1) is 0 Å². The second-order valence-electron chi connectivity index (χ2n) is 7.02. The molecule has 1 aliphatic rings. The molecular weight excluding hydrogens is 208 g/mol. The monoisotopic (exact) mass is 240 g/mol. The third-order valence-electron chi connectivity index (χ3n) is 5.38. The maximum Gasteiger partial charge on any atom is -0.000989 e. The molecule has 0 saturated heterocycles. The largest absolute Gasteiger partial charge is 0.330 e. The van der Waals surface area contributed by atoms with Gasteiger partial charge in [0.1, 0.15) is 0 Å². The maximum atomic E-state index is 5.55. The molecular formula is C15H32N2. The molecule has 0 aromatic carbocycles. The van der Waals surface area contributed by atoms with E-state index in [1.54, 1.807) is 0 Å². The minimum absolute atomic E-state index is 0.521. The Labute approximate surface area is 108 Å². The number of hydrogen-bond acceptors (Lipinski definition) is 2. The van der Waals surface area contributed by atoms with Crippen LogP contribution in [0.15, 0.2) is 0 Å². The highest BCUT2D eigenvalue weighted by Gasteiger charge is 2.63. The topological polar surface area (TPSA) is 38.0 Å². The number of hydrogen-bond donors (Lipinski definition) is 2. The summed E-state index contributed by atoms with van der Waals surface area (Å²) < 4.78 is 0. The average molecular weight is 240 g/mol. The molecule has 1 atom stereocenters. The first-order valence-corrected chi connectivity index (χ1v) is 7.24. The van der Waals surface area contributed by atoms with Crippen LogP contribution in [-0.2, 0) is 0 Å². The van der Waals surface area contributed by atoms with Gasteiger partial charge in [0.15, 0.2) is 0 Å². The molecule has 17 heavy (non-hydrogen) atoms. The zero-order chi connectivity index (χ0) is 13.1. The highest BCUT2D eigenvalue weighted by molar-refractivity contribution is 5.12. The van der Waals surface area contributed by atoms with Gasteiger partial charge in [-0.05, 0) is 61.6 Å². The summed E-state index contributed by atoms with van der Waals surface area (Å²) in [6.07, 6.45) is 3.76. The van der Waals surface area contributed by atoms with Crippen LogP contribution >= 0.6 is 0 Å². The van der Waals surface area contributed by atoms with E-state index in [0.29, 0.717) is 10.8 Å². The van der Waals surface area contributed by atoms with Crippen LogP contribution in [0.1, 0.15) is 53.9 Å². The van der Waals surface area contributed by atoms with Crippen LogP contribution in [0.25, 0.3) is 0 Å². The van der Waals surface area contributed by atoms with Crippen LogP contribution in [0.4, 0.5) is 0 Å². The molecule has 1 aliphatic carbocycles. The van der Waals surface area contributed by atoms with E-state index in [2.05, 4.69) is 39.9 Å². The molecule has 0 bridgehead atoms. The Morgan fingerprint density at radius 3 is 2.18 bits per heavy atom. The minimum Gasteiger partial charge on any atom is -0.330 e. The summed E-state index contributed by atoms with van der Waals surface area (Å²) in [5.41, 5.74) is 6.59. The zero-order valence-electron chi connectivity index (χ0n) is 12.5. The van der Waals surface area contributed by atoms with Crippen LogP contribution in [0.2, 0.25) is 0 Å². The van der Waals surface area contributed by atoms with Crippen LogP contribution < -0.4 is 11.1 Å². The summed E-state index contributed by atoms with van der Waals surface area (Å²) >= 11 is 0. The molecule has 1 unspecified atom stereocenters. The van der Waals surface area contributed by atoms with Crippen molar-refractivity contribution in [2.45, 2.75) is 53.9 Å². The summed E-state index contributed by atoms with van der Waals surface area (Å²) in [4.78, 5) is 0. The first-order chi connectivity index (χ1) is 7.84. The lowest BCUT2D eigenvalue weighted by Gasteiger charge is -2.10. The fourth-order valence-electron chi connectivity index (χ4n) is 3.09. The highest BCUT2D eigenvalue weighted by Crippen LogP contribution is 2.67. The minimum atomic E-state index is 0.521. The summed E-state index contributed by atoms with van der Waals surface area (Å²) in [7, 11) is 0. The molecule has 0 amide bonds. The van der Waals surface area contributed by atoms with Crippen molar-refractivity contribution in [1.29, 1.82) is 0 Å². The molecule has 1 fully saturated rings. The molecule has 0 aromatic rings. The van der Waals surface area contributed by atoms with Crippen molar-refractivity contribution in [3.05, 3.63) is 0 Å². The van der Waals surface area contributed by atoms with Gasteiger partial charge in [-0.15, -0.1) is 0 Å². The Morgan fingerprint density at radius 2 is 1.71 bits per heavy atom. The van der Waals surface area contributed by atoms with Gasteiger partial charge >= 0.3 is 0 Å². The third-order valence-corrected chi connectivity index (χ3v) is 5.38. The molecule has 2 nitrogen and oxygen atoms in total. The van der Waals surface area contributed by atoms with Gasteiger partial charge in [-0.25, -0.2) is 0 Å². The fourth-order valence-corrected chi connectivity index (χ4v) is 3.09. The molecule has 0 heterocycles. The van der Waals surface area contributed by atoms with E-state index in [4.69, 9.17) is 5.73 Å². The quantitative estimate of drug-likeness (QED) is 0.640. The number of nitrogens with one attached hydrogen (secondary N) is 1. The Hall–Kier alpha value is -0.0800. The van der Waals surface area contributed by atoms with Gasteiger partial charge in [-0.1, -0.05) is 34.6 Å². The molecule has 102 valence electrons. The molecule has 1 saturated carbocycles. The second kappa shape index (κ2) is 5.71. The molecule has 0 aromatic heterocycles. The van der Waals surface area contributed by atoms with Gasteiger partial charge in [-0.2, -0.15) is 0 Å². The summed E-state index contributed by atoms with van der Waals surface area (Å²) in [6, 6.07) is 0. The molecule has 3 N–H and O–H groups in total. The Morgan fingerprint density at radius 1 is 1.12 bits per heavy atom. The zero-order valence-corrected chi connectivity index (χ0v) is 12.5. The standard InChI is InChI=1S/C15H32N2/c1-12(8-9-16)7-6-10-17-11-13-14(2,3)15(13,4)5/h12-13,17H,6-11,16H2,1-5H3. The maximum absolute atomic E-state index is 5.55. The third kappa shape index (κ3) is 3.45. The van der Waals surface area contributed by atoms with E-state index in [1.807, 2.05) is 0 Å². The SMILES string of the molecule is CC(CCN)CCCNCC1C(C)(C)C1(C)C. The van der Waals surface area contributed by atoms with E-state index in [-0.39, 0.29) is 0 Å². The predicted octanol–water partition coefficient (Wildman–Crippen LogP) is 3.02. The van der Waals surface area contributed by atoms with Crippen molar-refractivity contribution < 1.29 is 0 Å². The van der Waals surface area contributed by atoms with E-state index in [9.17, 15) is 0 Å². The van der Waals surface area contributed by atoms with Crippen LogP contribution in [0.3, 0.4) is 0 Å². The molecule has 0 aliphatic heterocycles. The van der Waals surface area contributed by atoms with E-state index in [0.717, 1.165) is 24.9 Å². The van der Waals surface area contributed by atoms with Gasteiger partial charge < -0.3 is 11.1 Å². The van der Waals surface area contributed by atoms with E-state index >= 15 is 0 Å². The van der Waals surface area contributed by atoms with Gasteiger partial charge in [0, 0.05) is 0 Å². The van der Waals surface area contributed by atoms with Crippen LogP contribution in [0, 0.1) is 22.7 Å². The average Bonchev–Trinajstić information content (AvgIpc) is 2.60. The van der Waals surface area contributed by atoms with Crippen molar-refractivity contribution >= 4 is 0 Å². The summed E-state index contributed by atoms with van der Waals surface area (Å²) in [6.45, 7) is 15.1. The molecule has 0 radical (unpaired) electrons. The van der Waals surface area contributed by atoms with E-state index < -0.39 is 0 Å². The van der Waals surface area contributed by atoms with Crippen LogP contribution in [0.5, 0.6) is 0 Å². The predicted molar refractivity (Wildman–Crippen MR) is 76.0 cm³/mol. The van der Waals surface area contributed by atoms with Crippen molar-refractivity contribution in [2.24, 2.45) is 28.4 Å². The first-order valence-electron chi connectivity index (χ1n) is 7.24. The number of nitrogens with two attached hydrogens (primary N) is 1. The lowest BCUT2D eigenvalue weighted by molar-refractivity contribution is 0.457. The van der Waals surface area contributed by atoms with Crippen molar-refractivity contribution in [3.63, 3.8) is 0 Å². The molecule has 2 heteroatoms. The van der Waals surface area contributed by atoms with Crippen molar-refractivity contribution in [2.75, 3.05) is 19.6 Å². The van der Waals surface area contributed by atoms with E-state index in [1.165, 1.54) is 25.8 Å². The Bertz CT molecular complexity index is 219. The van der Waals surface area contributed by atoms with Gasteiger partial charge in [0.25, 0.3) is 0 Å². The number of rotatable bonds is 8. The van der Waals surface area contributed by atoms with Crippen LogP contribution in [-0.4, -0.2) is 19.6 Å². The van der Waals surface area contributed by atoms with Gasteiger partial charge in [0.2, 0.25) is 0 Å². The highest BCUT2D eigenvalue weighted by atomic mass is 14.9. The Kier molecular flexibility index (Phi) is 5.03. The van der Waals surface area contributed by atoms with Crippen molar-refractivity contribution in [1.82, 2.24) is 5.32 Å².